The Bertz CT molecular complexity index is 6.00. The first-order chi connectivity index (χ1) is 0. The molecule has 0 heterocycles. The fourth-order valence-corrected chi connectivity index (χ4v) is 0. The summed E-state index contributed by atoms with van der Waals surface area (Å²) in [5, 5.41) is 0. The Labute approximate surface area is 73.7 Å². The molecule has 0 unspecified atom stereocenters. The summed E-state index contributed by atoms with van der Waals surface area (Å²) in [6, 6.07) is 0. The van der Waals surface area contributed by atoms with Crippen molar-refractivity contribution in [1.29, 1.82) is 0 Å². The molecule has 0 bridgehead atoms. The van der Waals surface area contributed by atoms with Crippen LogP contribution in [0.2, 0.25) is 0 Å². The van der Waals surface area contributed by atoms with Crippen LogP contribution in [-0.2, 0) is 0 Å². The molecular formula is Cl2IIn. The molecule has 0 atom stereocenters. The smallest absolute Gasteiger partial charge is 1.00 e. The fourth-order valence-electron chi connectivity index (χ4n) is 0. The van der Waals surface area contributed by atoms with Crippen LogP contribution in [0.1, 0.15) is 0 Å². The summed E-state index contributed by atoms with van der Waals surface area (Å²) in [7, 11) is 0. The molecule has 4 heteroatoms. The van der Waals surface area contributed by atoms with E-state index in [0.29, 0.717) is 0 Å². The predicted octanol–water partition coefficient (Wildman–Crippen LogP) is -9.37. The van der Waals surface area contributed by atoms with Crippen molar-refractivity contribution in [3.8, 4) is 0 Å². The quantitative estimate of drug-likeness (QED) is 0.390. The normalized spacial score (nSPS) is 0. The van der Waals surface area contributed by atoms with Gasteiger partial charge < -0.3 is 48.8 Å². The van der Waals surface area contributed by atoms with Crippen LogP contribution in [0.5, 0.6) is 0 Å². The zero-order valence-corrected chi connectivity index (χ0v) is 8.68. The third-order valence-corrected chi connectivity index (χ3v) is 0. The van der Waals surface area contributed by atoms with Crippen molar-refractivity contribution in [2.24, 2.45) is 0 Å². The van der Waals surface area contributed by atoms with Gasteiger partial charge in [0.05, 0.1) is 0 Å². The molecule has 0 aromatic carbocycles. The average Bonchev–Trinajstić information content (AvgIpc) is 0. The fraction of sp³-hybridized carbons (Fsp3) is 0. The van der Waals surface area contributed by atoms with Crippen LogP contribution >= 0.6 is 0 Å². The largest absolute Gasteiger partial charge is 3.00 e. The maximum absolute atomic E-state index is 0. The van der Waals surface area contributed by atoms with Crippen molar-refractivity contribution in [2.45, 2.75) is 0 Å². The molecular weight excluding hydrogens is 313 g/mol. The molecule has 0 saturated heterocycles. The average molecular weight is 313 g/mol. The van der Waals surface area contributed by atoms with E-state index in [-0.39, 0.29) is 74.6 Å². The van der Waals surface area contributed by atoms with Crippen molar-refractivity contribution in [2.75, 3.05) is 0 Å². The van der Waals surface area contributed by atoms with Gasteiger partial charge in [0.2, 0.25) is 0 Å². The van der Waals surface area contributed by atoms with Crippen molar-refractivity contribution < 1.29 is 48.8 Å². The van der Waals surface area contributed by atoms with E-state index in [1.165, 1.54) is 0 Å². The van der Waals surface area contributed by atoms with Gasteiger partial charge in [-0.1, -0.05) is 0 Å². The van der Waals surface area contributed by atoms with Gasteiger partial charge >= 0.3 is 25.8 Å². The number of halogens is 3. The zero-order valence-electron chi connectivity index (χ0n) is 1.71. The summed E-state index contributed by atoms with van der Waals surface area (Å²) in [6.45, 7) is 0. The first-order valence-corrected chi connectivity index (χ1v) is 0. The SMILES string of the molecule is [Cl-].[Cl-].[I-].[In+3]. The molecule has 0 spiro atoms. The van der Waals surface area contributed by atoms with Gasteiger partial charge in [0.25, 0.3) is 0 Å². The first kappa shape index (κ1) is 34.9. The molecule has 0 nitrogen and oxygen atoms in total. The van der Waals surface area contributed by atoms with Crippen LogP contribution < -0.4 is 48.8 Å². The van der Waals surface area contributed by atoms with Crippen molar-refractivity contribution >= 4 is 25.8 Å². The molecule has 4 heavy (non-hydrogen) atoms. The minimum Gasteiger partial charge on any atom is -1.00 e. The van der Waals surface area contributed by atoms with E-state index in [9.17, 15) is 0 Å². The van der Waals surface area contributed by atoms with Crippen molar-refractivity contribution in [3.63, 3.8) is 0 Å². The van der Waals surface area contributed by atoms with Crippen LogP contribution in [0.3, 0.4) is 0 Å². The van der Waals surface area contributed by atoms with Gasteiger partial charge in [-0.2, -0.15) is 0 Å². The molecule has 0 aromatic heterocycles. The summed E-state index contributed by atoms with van der Waals surface area (Å²) in [5.74, 6) is 0. The summed E-state index contributed by atoms with van der Waals surface area (Å²) < 4.78 is 0. The van der Waals surface area contributed by atoms with E-state index >= 15 is 0 Å². The molecule has 0 amide bonds. The Morgan fingerprint density at radius 3 is 0.750 bits per heavy atom. The van der Waals surface area contributed by atoms with Gasteiger partial charge in [-0.3, -0.25) is 0 Å². The Hall–Kier alpha value is 2.18. The topological polar surface area (TPSA) is 0 Å². The standard InChI is InChI=1S/2ClH.HI.In/h3*1H;/q;;;+3/p-3. The maximum atomic E-state index is 0. The molecule has 24 valence electrons. The molecule has 0 rings (SSSR count). The molecule has 0 N–H and O–H groups in total. The Kier molecular flexibility index (Phi) is 166. The van der Waals surface area contributed by atoms with Gasteiger partial charge in [-0.25, -0.2) is 0 Å². The van der Waals surface area contributed by atoms with E-state index in [1.54, 1.807) is 0 Å². The van der Waals surface area contributed by atoms with Crippen molar-refractivity contribution in [3.05, 3.63) is 0 Å². The Morgan fingerprint density at radius 1 is 0.750 bits per heavy atom. The second kappa shape index (κ2) is 19.0. The summed E-state index contributed by atoms with van der Waals surface area (Å²) in [5.41, 5.74) is 0. The molecule has 0 fully saturated rings. The predicted molar refractivity (Wildman–Crippen MR) is 5.75 cm³/mol. The monoisotopic (exact) mass is 312 g/mol. The van der Waals surface area contributed by atoms with Gasteiger partial charge in [-0.15, -0.1) is 0 Å². The number of hydrogen-bond donors (Lipinski definition) is 0. The van der Waals surface area contributed by atoms with Crippen LogP contribution in [-0.4, -0.2) is 25.8 Å². The molecule has 0 aromatic rings. The van der Waals surface area contributed by atoms with Crippen LogP contribution in [0, 0.1) is 0 Å². The van der Waals surface area contributed by atoms with E-state index in [1.807, 2.05) is 0 Å². The minimum atomic E-state index is 0. The molecule has 0 radical (unpaired) electrons. The second-order valence-electron chi connectivity index (χ2n) is 0. The first-order valence-electron chi connectivity index (χ1n) is 0. The van der Waals surface area contributed by atoms with E-state index in [2.05, 4.69) is 0 Å². The van der Waals surface area contributed by atoms with E-state index < -0.39 is 0 Å². The van der Waals surface area contributed by atoms with E-state index in [4.69, 9.17) is 0 Å². The third-order valence-electron chi connectivity index (χ3n) is 0. The van der Waals surface area contributed by atoms with Crippen LogP contribution in [0.25, 0.3) is 0 Å². The van der Waals surface area contributed by atoms with Crippen LogP contribution in [0.4, 0.5) is 0 Å². The van der Waals surface area contributed by atoms with Crippen molar-refractivity contribution in [1.82, 2.24) is 0 Å². The maximum Gasteiger partial charge on any atom is 3.00 e. The number of rotatable bonds is 0. The van der Waals surface area contributed by atoms with E-state index in [0.717, 1.165) is 0 Å². The van der Waals surface area contributed by atoms with Crippen LogP contribution in [0.15, 0.2) is 0 Å². The zero-order chi connectivity index (χ0) is 0. The molecule has 0 saturated carbocycles. The van der Waals surface area contributed by atoms with Gasteiger partial charge in [0, 0.05) is 0 Å². The Morgan fingerprint density at radius 2 is 0.750 bits per heavy atom. The molecule has 0 aliphatic rings. The summed E-state index contributed by atoms with van der Waals surface area (Å²) in [6.07, 6.45) is 0. The van der Waals surface area contributed by atoms with Gasteiger partial charge in [-0.05, 0) is 0 Å². The molecule has 0 aliphatic carbocycles. The van der Waals surface area contributed by atoms with Gasteiger partial charge in [0.15, 0.2) is 0 Å². The molecule has 0 aliphatic heterocycles. The summed E-state index contributed by atoms with van der Waals surface area (Å²) >= 11 is 0. The minimum absolute atomic E-state index is 0. The Balaban J connectivity index is 0. The number of hydrogen-bond acceptors (Lipinski definition) is 0. The second-order valence-corrected chi connectivity index (χ2v) is 0. The third kappa shape index (κ3) is 8.89. The van der Waals surface area contributed by atoms with Gasteiger partial charge in [0.1, 0.15) is 0 Å². The summed E-state index contributed by atoms with van der Waals surface area (Å²) in [4.78, 5) is 0.